The van der Waals surface area contributed by atoms with E-state index >= 15 is 0 Å². The van der Waals surface area contributed by atoms with Gasteiger partial charge in [0.25, 0.3) is 5.56 Å². The summed E-state index contributed by atoms with van der Waals surface area (Å²) in [6.45, 7) is 1.73. The van der Waals surface area contributed by atoms with E-state index in [1.54, 1.807) is 31.2 Å². The predicted molar refractivity (Wildman–Crippen MR) is 122 cm³/mol. The number of aryl methyl sites for hydroxylation is 1. The Morgan fingerprint density at radius 1 is 1.15 bits per heavy atom. The number of thioether (sulfide) groups is 1. The number of para-hydroxylation sites is 1. The Morgan fingerprint density at radius 2 is 1.88 bits per heavy atom. The van der Waals surface area contributed by atoms with E-state index in [9.17, 15) is 23.1 Å². The van der Waals surface area contributed by atoms with Gasteiger partial charge in [0.15, 0.2) is 5.82 Å². The molecule has 0 spiro atoms. The van der Waals surface area contributed by atoms with Crippen LogP contribution in [0.3, 0.4) is 0 Å². The van der Waals surface area contributed by atoms with Crippen LogP contribution < -0.4 is 5.56 Å². The number of hydrogen-bond donors (Lipinski definition) is 1. The normalized spacial score (nSPS) is 13.1. The number of nitrogens with zero attached hydrogens (tertiary/aromatic N) is 6. The number of benzene rings is 2. The number of fused-ring (bicyclic) bond motifs is 1. The van der Waals surface area contributed by atoms with Crippen molar-refractivity contribution in [2.45, 2.75) is 30.9 Å². The van der Waals surface area contributed by atoms with Crippen LogP contribution in [0.5, 0.6) is 0 Å². The first-order valence-corrected chi connectivity index (χ1v) is 11.1. The molecule has 0 fully saturated rings. The van der Waals surface area contributed by atoms with Crippen molar-refractivity contribution in [3.8, 4) is 0 Å². The summed E-state index contributed by atoms with van der Waals surface area (Å²) < 4.78 is 40.9. The molecule has 34 heavy (non-hydrogen) atoms. The predicted octanol–water partition coefficient (Wildman–Crippen LogP) is 3.35. The van der Waals surface area contributed by atoms with Crippen LogP contribution in [0.4, 0.5) is 13.2 Å². The van der Waals surface area contributed by atoms with Crippen molar-refractivity contribution in [1.82, 2.24) is 24.4 Å². The number of rotatable bonds is 7. The van der Waals surface area contributed by atoms with E-state index in [0.29, 0.717) is 27.4 Å². The molecule has 8 nitrogen and oxygen atoms in total. The first-order chi connectivity index (χ1) is 16.2. The van der Waals surface area contributed by atoms with Crippen molar-refractivity contribution in [2.24, 2.45) is 5.10 Å². The maximum atomic E-state index is 12.7. The van der Waals surface area contributed by atoms with E-state index in [0.717, 1.165) is 12.1 Å². The Morgan fingerprint density at radius 3 is 2.62 bits per heavy atom. The molecular formula is C22H19F3N6O2S. The fourth-order valence-electron chi connectivity index (χ4n) is 3.13. The van der Waals surface area contributed by atoms with Crippen LogP contribution in [-0.4, -0.2) is 47.6 Å². The Bertz CT molecular complexity index is 1380. The van der Waals surface area contributed by atoms with Crippen LogP contribution in [0.1, 0.15) is 17.0 Å². The highest BCUT2D eigenvalue weighted by Crippen LogP contribution is 2.29. The molecule has 1 N–H and O–H groups in total. The Hall–Kier alpha value is -3.51. The smallest absolute Gasteiger partial charge is 0.390 e. The topological polar surface area (TPSA) is 98.2 Å². The number of aliphatic hydroxyl groups excluding tert-OH is 1. The number of alkyl halides is 3. The SMILES string of the molecule is Cc1nnc(SCC(O)Cn2cnc3ccccc3c2=O)n1N=Cc1ccc(C(F)(F)F)cc1. The number of halogens is 3. The van der Waals surface area contributed by atoms with E-state index < -0.39 is 17.8 Å². The van der Waals surface area contributed by atoms with Gasteiger partial charge in [-0.1, -0.05) is 36.0 Å². The van der Waals surface area contributed by atoms with E-state index in [1.165, 1.54) is 45.7 Å². The third-order valence-corrected chi connectivity index (χ3v) is 5.94. The van der Waals surface area contributed by atoms with Gasteiger partial charge in [-0.05, 0) is 36.8 Å². The Balaban J connectivity index is 1.42. The summed E-state index contributed by atoms with van der Waals surface area (Å²) in [6.07, 6.45) is -2.48. The molecule has 2 aromatic carbocycles. The second-order valence-corrected chi connectivity index (χ2v) is 8.38. The molecule has 4 rings (SSSR count). The van der Waals surface area contributed by atoms with Crippen LogP contribution in [0.25, 0.3) is 10.9 Å². The highest BCUT2D eigenvalue weighted by atomic mass is 32.2. The molecular weight excluding hydrogens is 469 g/mol. The van der Waals surface area contributed by atoms with Crippen molar-refractivity contribution < 1.29 is 18.3 Å². The minimum Gasteiger partial charge on any atom is -0.390 e. The monoisotopic (exact) mass is 488 g/mol. The van der Waals surface area contributed by atoms with Gasteiger partial charge in [-0.15, -0.1) is 10.2 Å². The molecule has 0 aliphatic heterocycles. The minimum atomic E-state index is -4.40. The number of aromatic nitrogens is 5. The third kappa shape index (κ3) is 5.34. The molecule has 176 valence electrons. The molecule has 0 saturated carbocycles. The van der Waals surface area contributed by atoms with Gasteiger partial charge < -0.3 is 5.11 Å². The number of hydrogen-bond acceptors (Lipinski definition) is 7. The number of aliphatic hydroxyl groups is 1. The van der Waals surface area contributed by atoms with E-state index in [4.69, 9.17) is 0 Å². The van der Waals surface area contributed by atoms with E-state index in [-0.39, 0.29) is 17.9 Å². The second-order valence-electron chi connectivity index (χ2n) is 7.39. The van der Waals surface area contributed by atoms with Crippen molar-refractivity contribution in [3.05, 3.63) is 82.2 Å². The summed E-state index contributed by atoms with van der Waals surface area (Å²) in [7, 11) is 0. The van der Waals surface area contributed by atoms with Gasteiger partial charge in [-0.25, -0.2) is 4.98 Å². The summed E-state index contributed by atoms with van der Waals surface area (Å²) in [5.74, 6) is 0.669. The Kier molecular flexibility index (Phi) is 6.80. The van der Waals surface area contributed by atoms with Gasteiger partial charge in [0.1, 0.15) is 0 Å². The molecule has 2 heterocycles. The molecule has 1 atom stereocenters. The molecule has 1 unspecified atom stereocenters. The van der Waals surface area contributed by atoms with Gasteiger partial charge in [-0.3, -0.25) is 9.36 Å². The van der Waals surface area contributed by atoms with Gasteiger partial charge >= 0.3 is 6.18 Å². The van der Waals surface area contributed by atoms with Crippen molar-refractivity contribution >= 4 is 28.9 Å². The molecule has 0 bridgehead atoms. The summed E-state index contributed by atoms with van der Waals surface area (Å²) in [5, 5.41) is 23.6. The lowest BCUT2D eigenvalue weighted by molar-refractivity contribution is -0.137. The van der Waals surface area contributed by atoms with Gasteiger partial charge in [0.2, 0.25) is 5.16 Å². The standard InChI is InChI=1S/C22H19F3N6O2S/c1-14-28-29-21(31(14)27-10-15-6-8-16(9-7-15)22(23,24)25)34-12-17(32)11-30-13-26-19-5-3-2-4-18(19)20(30)33/h2-10,13,17,32H,11-12H2,1H3. The Labute approximate surface area is 195 Å². The summed E-state index contributed by atoms with van der Waals surface area (Å²) in [6, 6.07) is 11.6. The summed E-state index contributed by atoms with van der Waals surface area (Å²) >= 11 is 1.19. The van der Waals surface area contributed by atoms with Crippen molar-refractivity contribution in [3.63, 3.8) is 0 Å². The zero-order valence-electron chi connectivity index (χ0n) is 17.8. The van der Waals surface area contributed by atoms with Crippen LogP contribution in [-0.2, 0) is 12.7 Å². The third-order valence-electron chi connectivity index (χ3n) is 4.87. The van der Waals surface area contributed by atoms with Gasteiger partial charge in [0, 0.05) is 5.75 Å². The van der Waals surface area contributed by atoms with Crippen molar-refractivity contribution in [1.29, 1.82) is 0 Å². The van der Waals surface area contributed by atoms with E-state index in [2.05, 4.69) is 20.3 Å². The summed E-state index contributed by atoms with van der Waals surface area (Å²) in [4.78, 5) is 16.8. The van der Waals surface area contributed by atoms with Crippen LogP contribution in [0.15, 0.2) is 69.9 Å². The fraction of sp³-hybridized carbons (Fsp3) is 0.227. The molecule has 2 aromatic heterocycles. The molecule has 0 amide bonds. The zero-order valence-corrected chi connectivity index (χ0v) is 18.7. The highest BCUT2D eigenvalue weighted by molar-refractivity contribution is 7.99. The lowest BCUT2D eigenvalue weighted by Crippen LogP contribution is -2.28. The highest BCUT2D eigenvalue weighted by Gasteiger charge is 2.29. The molecule has 4 aromatic rings. The molecule has 12 heteroatoms. The average molecular weight is 488 g/mol. The largest absolute Gasteiger partial charge is 0.416 e. The van der Waals surface area contributed by atoms with Crippen LogP contribution in [0.2, 0.25) is 0 Å². The zero-order chi connectivity index (χ0) is 24.3. The van der Waals surface area contributed by atoms with E-state index in [1.807, 2.05) is 0 Å². The maximum Gasteiger partial charge on any atom is 0.416 e. The second kappa shape index (κ2) is 9.77. The van der Waals surface area contributed by atoms with Crippen molar-refractivity contribution in [2.75, 3.05) is 5.75 Å². The molecule has 0 radical (unpaired) electrons. The van der Waals surface area contributed by atoms with Gasteiger partial charge in [0.05, 0.1) is 41.7 Å². The maximum absolute atomic E-state index is 12.7. The first kappa shape index (κ1) is 23.6. The summed E-state index contributed by atoms with van der Waals surface area (Å²) in [5.41, 5.74) is 0.0771. The lowest BCUT2D eigenvalue weighted by atomic mass is 10.1. The molecule has 0 aliphatic rings. The van der Waals surface area contributed by atoms with Crippen LogP contribution in [0, 0.1) is 6.92 Å². The molecule has 0 saturated heterocycles. The first-order valence-electron chi connectivity index (χ1n) is 10.1. The lowest BCUT2D eigenvalue weighted by Gasteiger charge is -2.12. The quantitative estimate of drug-likeness (QED) is 0.317. The average Bonchev–Trinajstić information content (AvgIpc) is 3.17. The minimum absolute atomic E-state index is 0.0472. The fourth-order valence-corrected chi connectivity index (χ4v) is 3.98. The van der Waals surface area contributed by atoms with Crippen LogP contribution >= 0.6 is 11.8 Å². The molecule has 0 aliphatic carbocycles. The van der Waals surface area contributed by atoms with Gasteiger partial charge in [-0.2, -0.15) is 22.9 Å².